The van der Waals surface area contributed by atoms with E-state index in [1.165, 1.54) is 6.33 Å². The van der Waals surface area contributed by atoms with Gasteiger partial charge in [0.05, 0.1) is 0 Å². The number of aromatic nitrogens is 2. The van der Waals surface area contributed by atoms with Gasteiger partial charge in [0.15, 0.2) is 10.7 Å². The van der Waals surface area contributed by atoms with Crippen LogP contribution in [0.2, 0.25) is 10.2 Å². The molecule has 0 fully saturated rings. The van der Waals surface area contributed by atoms with Crippen LogP contribution in [-0.2, 0) is 0 Å². The third kappa shape index (κ3) is 1.28. The highest BCUT2D eigenvalue weighted by Crippen LogP contribution is 2.31. The second-order valence-electron chi connectivity index (χ2n) is 3.08. The summed E-state index contributed by atoms with van der Waals surface area (Å²) in [6.07, 6.45) is 1.41. The molecule has 0 radical (unpaired) electrons. The molecule has 74 valence electrons. The third-order valence-corrected chi connectivity index (χ3v) is 2.68. The Kier molecular flexibility index (Phi) is 1.84. The van der Waals surface area contributed by atoms with Gasteiger partial charge in [-0.1, -0.05) is 23.2 Å². The van der Waals surface area contributed by atoms with Crippen molar-refractivity contribution < 1.29 is 4.42 Å². The molecule has 0 unspecified atom stereocenters. The smallest absolute Gasteiger partial charge is 0.191 e. The zero-order valence-corrected chi connectivity index (χ0v) is 8.88. The normalized spacial score (nSPS) is 11.3. The summed E-state index contributed by atoms with van der Waals surface area (Å²) in [6.45, 7) is 0. The lowest BCUT2D eigenvalue weighted by Crippen LogP contribution is -1.78. The maximum Gasteiger partial charge on any atom is 0.191 e. The predicted octanol–water partition coefficient (Wildman–Crippen LogP) is 3.68. The van der Waals surface area contributed by atoms with Gasteiger partial charge < -0.3 is 4.42 Å². The second-order valence-corrected chi connectivity index (χ2v) is 3.88. The van der Waals surface area contributed by atoms with Gasteiger partial charge in [0.25, 0.3) is 0 Å². The molecule has 2 aromatic heterocycles. The fourth-order valence-corrected chi connectivity index (χ4v) is 1.85. The molecule has 0 N–H and O–H groups in total. The van der Waals surface area contributed by atoms with Crippen LogP contribution < -0.4 is 0 Å². The lowest BCUT2D eigenvalue weighted by molar-refractivity contribution is 0.666. The fourth-order valence-electron chi connectivity index (χ4n) is 1.52. The van der Waals surface area contributed by atoms with E-state index >= 15 is 0 Å². The molecule has 0 spiro atoms. The lowest BCUT2D eigenvalue weighted by atomic mass is 10.2. The van der Waals surface area contributed by atoms with Crippen LogP contribution in [0.4, 0.5) is 0 Å². The van der Waals surface area contributed by atoms with Gasteiger partial charge in [0, 0.05) is 16.5 Å². The van der Waals surface area contributed by atoms with E-state index in [1.54, 1.807) is 12.1 Å². The molecule has 0 aliphatic rings. The minimum absolute atomic E-state index is 0.312. The molecule has 0 aliphatic heterocycles. The Morgan fingerprint density at radius 3 is 2.87 bits per heavy atom. The van der Waals surface area contributed by atoms with Crippen LogP contribution in [-0.4, -0.2) is 9.97 Å². The van der Waals surface area contributed by atoms with Gasteiger partial charge in [0.1, 0.15) is 17.4 Å². The van der Waals surface area contributed by atoms with E-state index in [9.17, 15) is 0 Å². The zero-order valence-electron chi connectivity index (χ0n) is 7.37. The van der Waals surface area contributed by atoms with Gasteiger partial charge in [-0.05, 0) is 12.1 Å². The van der Waals surface area contributed by atoms with Crippen molar-refractivity contribution in [3.63, 3.8) is 0 Å². The molecule has 0 bridgehead atoms. The molecule has 0 atom stereocenters. The molecular formula is C10H4Cl2N2O. The number of rotatable bonds is 0. The van der Waals surface area contributed by atoms with Crippen molar-refractivity contribution in [2.24, 2.45) is 0 Å². The molecule has 3 nitrogen and oxygen atoms in total. The Morgan fingerprint density at radius 1 is 1.13 bits per heavy atom. The first-order chi connectivity index (χ1) is 7.25. The SMILES string of the molecule is Clc1ccc2c(c1)oc1c(Cl)ncnc12. The van der Waals surface area contributed by atoms with Crippen molar-refractivity contribution in [3.05, 3.63) is 34.7 Å². The van der Waals surface area contributed by atoms with E-state index in [0.717, 1.165) is 5.39 Å². The second kappa shape index (κ2) is 3.08. The summed E-state index contributed by atoms with van der Waals surface area (Å²) in [4.78, 5) is 7.98. The Bertz CT molecular complexity index is 663. The molecular weight excluding hydrogens is 235 g/mol. The Balaban J connectivity index is 2.57. The average molecular weight is 239 g/mol. The number of nitrogens with zero attached hydrogens (tertiary/aromatic N) is 2. The topological polar surface area (TPSA) is 38.9 Å². The van der Waals surface area contributed by atoms with Crippen LogP contribution >= 0.6 is 23.2 Å². The Labute approximate surface area is 94.6 Å². The lowest BCUT2D eigenvalue weighted by Gasteiger charge is -1.88. The summed E-state index contributed by atoms with van der Waals surface area (Å²) in [5.74, 6) is 0. The first-order valence-corrected chi connectivity index (χ1v) is 4.99. The molecule has 5 heteroatoms. The van der Waals surface area contributed by atoms with Crippen molar-refractivity contribution in [1.82, 2.24) is 9.97 Å². The van der Waals surface area contributed by atoms with Gasteiger partial charge in [-0.25, -0.2) is 9.97 Å². The highest BCUT2D eigenvalue weighted by molar-refractivity contribution is 6.34. The number of hydrogen-bond donors (Lipinski definition) is 0. The molecule has 15 heavy (non-hydrogen) atoms. The minimum Gasteiger partial charge on any atom is -0.451 e. The molecule has 3 rings (SSSR count). The maximum absolute atomic E-state index is 5.89. The quantitative estimate of drug-likeness (QED) is 0.561. The number of halogens is 2. The van der Waals surface area contributed by atoms with E-state index in [1.807, 2.05) is 6.07 Å². The number of furan rings is 1. The van der Waals surface area contributed by atoms with Crippen LogP contribution in [0.5, 0.6) is 0 Å². The highest BCUT2D eigenvalue weighted by Gasteiger charge is 2.11. The van der Waals surface area contributed by atoms with E-state index < -0.39 is 0 Å². The van der Waals surface area contributed by atoms with Crippen molar-refractivity contribution in [2.75, 3.05) is 0 Å². The Morgan fingerprint density at radius 2 is 2.00 bits per heavy atom. The van der Waals surface area contributed by atoms with Gasteiger partial charge in [-0.3, -0.25) is 0 Å². The van der Waals surface area contributed by atoms with Crippen LogP contribution in [0, 0.1) is 0 Å². The van der Waals surface area contributed by atoms with E-state index in [0.29, 0.717) is 26.9 Å². The molecule has 0 saturated carbocycles. The van der Waals surface area contributed by atoms with Gasteiger partial charge in [-0.15, -0.1) is 0 Å². The van der Waals surface area contributed by atoms with Crippen LogP contribution in [0.1, 0.15) is 0 Å². The minimum atomic E-state index is 0.312. The van der Waals surface area contributed by atoms with Crippen molar-refractivity contribution >= 4 is 45.3 Å². The molecule has 3 aromatic rings. The highest BCUT2D eigenvalue weighted by atomic mass is 35.5. The predicted molar refractivity (Wildman–Crippen MR) is 59.3 cm³/mol. The fraction of sp³-hybridized carbons (Fsp3) is 0. The zero-order chi connectivity index (χ0) is 10.4. The maximum atomic E-state index is 5.89. The van der Waals surface area contributed by atoms with Gasteiger partial charge >= 0.3 is 0 Å². The van der Waals surface area contributed by atoms with Gasteiger partial charge in [-0.2, -0.15) is 0 Å². The summed E-state index contributed by atoms with van der Waals surface area (Å²) in [7, 11) is 0. The van der Waals surface area contributed by atoms with Gasteiger partial charge in [0.2, 0.25) is 0 Å². The summed E-state index contributed by atoms with van der Waals surface area (Å²) < 4.78 is 5.52. The summed E-state index contributed by atoms with van der Waals surface area (Å²) >= 11 is 11.7. The first-order valence-electron chi connectivity index (χ1n) is 4.24. The summed E-state index contributed by atoms with van der Waals surface area (Å²) in [6, 6.07) is 5.37. The number of hydrogen-bond acceptors (Lipinski definition) is 3. The molecule has 1 aromatic carbocycles. The summed E-state index contributed by atoms with van der Waals surface area (Å²) in [5, 5.41) is 1.82. The monoisotopic (exact) mass is 238 g/mol. The molecule has 2 heterocycles. The van der Waals surface area contributed by atoms with E-state index in [-0.39, 0.29) is 0 Å². The molecule has 0 amide bonds. The van der Waals surface area contributed by atoms with Crippen molar-refractivity contribution in [2.45, 2.75) is 0 Å². The van der Waals surface area contributed by atoms with Crippen LogP contribution in [0.25, 0.3) is 22.1 Å². The van der Waals surface area contributed by atoms with Crippen molar-refractivity contribution in [3.8, 4) is 0 Å². The standard InChI is InChI=1S/C10H4Cl2N2O/c11-5-1-2-6-7(3-5)15-9-8(6)13-4-14-10(9)12/h1-4H. The van der Waals surface area contributed by atoms with Crippen molar-refractivity contribution in [1.29, 1.82) is 0 Å². The van der Waals surface area contributed by atoms with Crippen LogP contribution in [0.3, 0.4) is 0 Å². The third-order valence-electron chi connectivity index (χ3n) is 2.17. The Hall–Kier alpha value is -1.32. The summed E-state index contributed by atoms with van der Waals surface area (Å²) in [5.41, 5.74) is 1.87. The van der Waals surface area contributed by atoms with E-state index in [2.05, 4.69) is 9.97 Å². The largest absolute Gasteiger partial charge is 0.451 e. The average Bonchev–Trinajstić information content (AvgIpc) is 2.57. The first kappa shape index (κ1) is 8.95. The number of benzene rings is 1. The molecule has 0 aliphatic carbocycles. The van der Waals surface area contributed by atoms with Crippen LogP contribution in [0.15, 0.2) is 28.9 Å². The molecule has 0 saturated heterocycles. The number of fused-ring (bicyclic) bond motifs is 3. The van der Waals surface area contributed by atoms with E-state index in [4.69, 9.17) is 27.6 Å².